The summed E-state index contributed by atoms with van der Waals surface area (Å²) in [6, 6.07) is 0. The summed E-state index contributed by atoms with van der Waals surface area (Å²) in [5.41, 5.74) is -5.18. The van der Waals surface area contributed by atoms with Crippen LogP contribution in [0.3, 0.4) is 0 Å². The Morgan fingerprint density at radius 1 is 0.857 bits per heavy atom. The van der Waals surface area contributed by atoms with E-state index in [-0.39, 0.29) is 18.3 Å². The van der Waals surface area contributed by atoms with Crippen LogP contribution >= 0.6 is 0 Å². The topological polar surface area (TPSA) is 306 Å². The van der Waals surface area contributed by atoms with Crippen LogP contribution in [0.2, 0.25) is 0 Å². The van der Waals surface area contributed by atoms with E-state index in [1.807, 2.05) is 27.7 Å². The average Bonchev–Trinajstić information content (AvgIpc) is 3.31. The van der Waals surface area contributed by atoms with Gasteiger partial charge in [-0.05, 0) is 87.4 Å². The first kappa shape index (κ1) is 54.8. The summed E-state index contributed by atoms with van der Waals surface area (Å²) in [6.45, 7) is 17.5. The molecule has 70 heavy (non-hydrogen) atoms. The number of aliphatic hydroxyl groups excluding tert-OH is 8. The minimum atomic E-state index is -2.01. The Bertz CT molecular complexity index is 2060. The number of aldehydes is 1. The van der Waals surface area contributed by atoms with Crippen molar-refractivity contribution < 1.29 is 93.6 Å². The van der Waals surface area contributed by atoms with E-state index >= 15 is 0 Å². The maximum absolute atomic E-state index is 13.8. The fraction of sp³-hybridized carbons (Fsp3) is 0.843. The number of carboxylic acids is 1. The van der Waals surface area contributed by atoms with Crippen molar-refractivity contribution in [2.45, 2.75) is 200 Å². The zero-order chi connectivity index (χ0) is 52.0. The smallest absolute Gasteiger partial charge is 0.335 e. The molecule has 9 N–H and O–H groups in total. The monoisotopic (exact) mass is 995 g/mol. The standard InChI is InChI=1S/C51H78O19/c1-11-23(3)42(63)69-39-40(70-43(64)24(4)12-2)51(22-53)26(19-46(39,5)6)25-13-14-29-47(7)17-16-30(48(8,21-52)28(47)15-18-49(29,9)50(25,10)37(59)38(51)60)66-45-34(58)35(33(57)36(68-45)41(61)62)67-44-32(56)31(55)27(54)20-65-44/h11,13,21,24,26-40,44-45,53-60H,12,14-20,22H2,1-10H3,(H,61,62)/b23-11-/t24?,26?,27?,28?,29?,30?,31?,32?,33?,34?,35?,36?,37-,38+,39-,40-,44?,45?,47-,48-,49+,50-,51-/m0/s1. The summed E-state index contributed by atoms with van der Waals surface area (Å²) in [4.78, 5) is 53.4. The van der Waals surface area contributed by atoms with Crippen LogP contribution in [0.4, 0.5) is 0 Å². The maximum atomic E-state index is 13.8. The summed E-state index contributed by atoms with van der Waals surface area (Å²) >= 11 is 0. The molecule has 0 aromatic heterocycles. The molecule has 2 saturated heterocycles. The lowest BCUT2D eigenvalue weighted by Crippen LogP contribution is -2.76. The zero-order valence-corrected chi connectivity index (χ0v) is 42.1. The molecule has 19 nitrogen and oxygen atoms in total. The molecule has 0 aromatic rings. The molecular formula is C51H78O19. The number of aliphatic carboxylic acids is 1. The number of rotatable bonds is 12. The first-order valence-electron chi connectivity index (χ1n) is 25.0. The Morgan fingerprint density at radius 2 is 1.53 bits per heavy atom. The fourth-order valence-corrected chi connectivity index (χ4v) is 14.6. The van der Waals surface area contributed by atoms with Crippen molar-refractivity contribution in [3.8, 4) is 0 Å². The Labute approximate surface area is 409 Å². The predicted molar refractivity (Wildman–Crippen MR) is 245 cm³/mol. The molecule has 2 aliphatic heterocycles. The number of carbonyl (C=O) groups is 4. The SMILES string of the molecule is C/C=C(/C)C(=O)O[C@H]1[C@H](OC(=O)C(C)CC)[C@@]2(CO)C(CC1(C)C)C1=CCC3[C@@]4(C)CCC(OC5OC(C(=O)O)C(O)C(OC6OCC(O)C(O)C6O)C5O)[C@@](C)(C=O)C4CC[C@@]3(C)[C@]1(C)[C@@H](O)[C@H]2O. The van der Waals surface area contributed by atoms with E-state index in [4.69, 9.17) is 28.4 Å². The number of ether oxygens (including phenoxy) is 6. The third kappa shape index (κ3) is 8.15. The second-order valence-electron chi connectivity index (χ2n) is 23.3. The molecule has 5 aliphatic carbocycles. The van der Waals surface area contributed by atoms with E-state index in [1.165, 1.54) is 0 Å². The van der Waals surface area contributed by atoms with Gasteiger partial charge >= 0.3 is 17.9 Å². The van der Waals surface area contributed by atoms with Gasteiger partial charge in [0.25, 0.3) is 0 Å². The van der Waals surface area contributed by atoms with Gasteiger partial charge in [0.2, 0.25) is 0 Å². The second kappa shape index (κ2) is 19.4. The molecular weight excluding hydrogens is 917 g/mol. The molecule has 7 rings (SSSR count). The lowest BCUT2D eigenvalue weighted by Gasteiger charge is -2.73. The number of hydrogen-bond donors (Lipinski definition) is 9. The molecule has 0 bridgehead atoms. The van der Waals surface area contributed by atoms with Gasteiger partial charge in [0.1, 0.15) is 49.0 Å². The molecule has 19 heteroatoms. The van der Waals surface area contributed by atoms with E-state index in [0.717, 1.165) is 11.9 Å². The molecule has 14 unspecified atom stereocenters. The molecule has 0 spiro atoms. The van der Waals surface area contributed by atoms with Gasteiger partial charge in [0.15, 0.2) is 24.8 Å². The Balaban J connectivity index is 1.22. The van der Waals surface area contributed by atoms with Crippen LogP contribution in [0.15, 0.2) is 23.3 Å². The number of fused-ring (bicyclic) bond motifs is 7. The van der Waals surface area contributed by atoms with Crippen LogP contribution in [-0.2, 0) is 47.6 Å². The molecule has 0 aromatic carbocycles. The largest absolute Gasteiger partial charge is 0.479 e. The van der Waals surface area contributed by atoms with Gasteiger partial charge in [0, 0.05) is 16.4 Å². The quantitative estimate of drug-likeness (QED) is 0.0442. The van der Waals surface area contributed by atoms with Crippen molar-refractivity contribution in [3.05, 3.63) is 23.3 Å². The van der Waals surface area contributed by atoms with Crippen LogP contribution in [-0.4, -0.2) is 169 Å². The zero-order valence-electron chi connectivity index (χ0n) is 42.1. The van der Waals surface area contributed by atoms with E-state index in [2.05, 4.69) is 19.9 Å². The van der Waals surface area contributed by atoms with E-state index < -0.39 is 161 Å². The third-order valence-electron chi connectivity index (χ3n) is 19.4. The summed E-state index contributed by atoms with van der Waals surface area (Å²) in [6.07, 6.45) is -15.4. The number of carbonyl (C=O) groups excluding carboxylic acids is 3. The van der Waals surface area contributed by atoms with E-state index in [9.17, 15) is 65.1 Å². The molecule has 0 radical (unpaired) electrons. The van der Waals surface area contributed by atoms with Crippen LogP contribution in [0.1, 0.15) is 114 Å². The van der Waals surface area contributed by atoms with Crippen molar-refractivity contribution >= 4 is 24.2 Å². The van der Waals surface area contributed by atoms with E-state index in [0.29, 0.717) is 44.1 Å². The Kier molecular flexibility index (Phi) is 15.2. The predicted octanol–water partition coefficient (Wildman–Crippen LogP) is 1.70. The van der Waals surface area contributed by atoms with Crippen LogP contribution in [0.25, 0.3) is 0 Å². The number of hydrogen-bond acceptors (Lipinski definition) is 18. The van der Waals surface area contributed by atoms with Gasteiger partial charge in [-0.25, -0.2) is 9.59 Å². The molecule has 4 saturated carbocycles. The minimum absolute atomic E-state index is 0.207. The fourth-order valence-electron chi connectivity index (χ4n) is 14.6. The van der Waals surface area contributed by atoms with Crippen LogP contribution < -0.4 is 0 Å². The lowest BCUT2D eigenvalue weighted by molar-refractivity contribution is -0.356. The van der Waals surface area contributed by atoms with Crippen molar-refractivity contribution in [1.82, 2.24) is 0 Å². The lowest BCUT2D eigenvalue weighted by atomic mass is 9.32. The van der Waals surface area contributed by atoms with Crippen LogP contribution in [0, 0.1) is 56.2 Å². The number of allylic oxidation sites excluding steroid dienone is 2. The highest BCUT2D eigenvalue weighted by atomic mass is 16.7. The number of carboxylic acid groups (broad SMARTS) is 1. The summed E-state index contributed by atoms with van der Waals surface area (Å²) in [5.74, 6) is -4.63. The van der Waals surface area contributed by atoms with E-state index in [1.54, 1.807) is 33.8 Å². The Morgan fingerprint density at radius 3 is 2.13 bits per heavy atom. The minimum Gasteiger partial charge on any atom is -0.479 e. The van der Waals surface area contributed by atoms with Crippen LogP contribution in [0.5, 0.6) is 0 Å². The van der Waals surface area contributed by atoms with Gasteiger partial charge in [-0.1, -0.05) is 73.1 Å². The summed E-state index contributed by atoms with van der Waals surface area (Å²) < 4.78 is 35.7. The first-order chi connectivity index (χ1) is 32.6. The van der Waals surface area contributed by atoms with Gasteiger partial charge in [-0.3, -0.25) is 4.79 Å². The summed E-state index contributed by atoms with van der Waals surface area (Å²) in [7, 11) is 0. The number of esters is 2. The Hall–Kier alpha value is -2.92. The van der Waals surface area contributed by atoms with Gasteiger partial charge in [-0.15, -0.1) is 0 Å². The highest BCUT2D eigenvalue weighted by molar-refractivity contribution is 5.87. The maximum Gasteiger partial charge on any atom is 0.335 e. The highest BCUT2D eigenvalue weighted by Crippen LogP contribution is 2.76. The first-order valence-corrected chi connectivity index (χ1v) is 25.0. The normalized spacial score (nSPS) is 49.4. The molecule has 0 amide bonds. The second-order valence-corrected chi connectivity index (χ2v) is 23.3. The van der Waals surface area contributed by atoms with Crippen molar-refractivity contribution in [2.75, 3.05) is 13.2 Å². The van der Waals surface area contributed by atoms with Gasteiger partial charge < -0.3 is 79.2 Å². The molecule has 23 atom stereocenters. The highest BCUT2D eigenvalue weighted by Gasteiger charge is 2.76. The molecule has 7 aliphatic rings. The average molecular weight is 995 g/mol. The number of aliphatic hydroxyl groups is 8. The summed E-state index contributed by atoms with van der Waals surface area (Å²) in [5, 5.41) is 101. The molecule has 396 valence electrons. The van der Waals surface area contributed by atoms with Crippen molar-refractivity contribution in [2.24, 2.45) is 56.2 Å². The molecule has 6 fully saturated rings. The third-order valence-corrected chi connectivity index (χ3v) is 19.4. The van der Waals surface area contributed by atoms with Crippen molar-refractivity contribution in [3.63, 3.8) is 0 Å². The van der Waals surface area contributed by atoms with Gasteiger partial charge in [0.05, 0.1) is 48.3 Å². The molecule has 2 heterocycles. The van der Waals surface area contributed by atoms with Gasteiger partial charge in [-0.2, -0.15) is 0 Å². The van der Waals surface area contributed by atoms with Crippen molar-refractivity contribution in [1.29, 1.82) is 0 Å².